The highest BCUT2D eigenvalue weighted by molar-refractivity contribution is 9.10. The number of hydrogen-bond donors (Lipinski definition) is 1. The van der Waals surface area contributed by atoms with Crippen LogP contribution in [0.15, 0.2) is 46.9 Å². The van der Waals surface area contributed by atoms with Gasteiger partial charge in [-0.25, -0.2) is 0 Å². The summed E-state index contributed by atoms with van der Waals surface area (Å²) in [4.78, 5) is 0. The molecule has 20 heavy (non-hydrogen) atoms. The first kappa shape index (κ1) is 15.5. The molecule has 0 radical (unpaired) electrons. The zero-order valence-electron chi connectivity index (χ0n) is 11.3. The van der Waals surface area contributed by atoms with E-state index in [-0.39, 0.29) is 6.04 Å². The van der Waals surface area contributed by atoms with Gasteiger partial charge >= 0.3 is 0 Å². The van der Waals surface area contributed by atoms with E-state index in [4.69, 9.17) is 22.1 Å². The van der Waals surface area contributed by atoms with Gasteiger partial charge in [0.1, 0.15) is 0 Å². The molecule has 0 bridgehead atoms. The van der Waals surface area contributed by atoms with E-state index < -0.39 is 0 Å². The molecule has 2 N–H and O–H groups in total. The van der Waals surface area contributed by atoms with E-state index in [0.29, 0.717) is 5.02 Å². The molecular weight excluding hydrogens is 338 g/mol. The normalized spacial score (nSPS) is 12.4. The summed E-state index contributed by atoms with van der Waals surface area (Å²) in [6.45, 7) is 0.725. The van der Waals surface area contributed by atoms with Crippen molar-refractivity contribution in [1.82, 2.24) is 0 Å². The minimum absolute atomic E-state index is 0.225. The van der Waals surface area contributed by atoms with Crippen molar-refractivity contribution < 1.29 is 4.74 Å². The average molecular weight is 355 g/mol. The molecule has 2 aromatic carbocycles. The fraction of sp³-hybridized carbons (Fsp3) is 0.250. The number of methoxy groups -OCH3 is 1. The van der Waals surface area contributed by atoms with Gasteiger partial charge in [0.25, 0.3) is 0 Å². The highest BCUT2D eigenvalue weighted by Crippen LogP contribution is 2.32. The first-order valence-corrected chi connectivity index (χ1v) is 7.58. The van der Waals surface area contributed by atoms with Crippen LogP contribution in [0, 0.1) is 0 Å². The van der Waals surface area contributed by atoms with Crippen molar-refractivity contribution in [1.29, 1.82) is 0 Å². The number of benzene rings is 2. The second-order valence-electron chi connectivity index (χ2n) is 4.61. The lowest BCUT2D eigenvalue weighted by Crippen LogP contribution is -2.12. The van der Waals surface area contributed by atoms with Gasteiger partial charge in [0.2, 0.25) is 0 Å². The fourth-order valence-corrected chi connectivity index (χ4v) is 2.68. The molecule has 0 aliphatic carbocycles. The second-order valence-corrected chi connectivity index (χ2v) is 5.84. The van der Waals surface area contributed by atoms with Gasteiger partial charge in [-0.3, -0.25) is 0 Å². The molecule has 2 aromatic rings. The molecule has 2 nitrogen and oxygen atoms in total. The first-order chi connectivity index (χ1) is 9.63. The monoisotopic (exact) mass is 353 g/mol. The van der Waals surface area contributed by atoms with Gasteiger partial charge in [-0.15, -0.1) is 0 Å². The number of hydrogen-bond acceptors (Lipinski definition) is 2. The van der Waals surface area contributed by atoms with Crippen LogP contribution in [0.4, 0.5) is 0 Å². The summed E-state index contributed by atoms with van der Waals surface area (Å²) < 4.78 is 5.94. The maximum Gasteiger partial charge on any atom is 0.0599 e. The standard InChI is InChI=1S/C16H17BrClNO/c1-20-10-9-11-5-7-12(8-6-11)16(19)13-3-2-4-14(17)15(13)18/h2-8,16H,9-10,19H2,1H3. The van der Waals surface area contributed by atoms with Crippen LogP contribution in [0.3, 0.4) is 0 Å². The van der Waals surface area contributed by atoms with Gasteiger partial charge in [-0.1, -0.05) is 48.0 Å². The second kappa shape index (κ2) is 7.23. The van der Waals surface area contributed by atoms with Crippen molar-refractivity contribution in [3.63, 3.8) is 0 Å². The number of ether oxygens (including phenoxy) is 1. The van der Waals surface area contributed by atoms with E-state index >= 15 is 0 Å². The Morgan fingerprint density at radius 1 is 1.20 bits per heavy atom. The van der Waals surface area contributed by atoms with E-state index in [2.05, 4.69) is 28.1 Å². The number of nitrogens with two attached hydrogens (primary N) is 1. The minimum Gasteiger partial charge on any atom is -0.384 e. The van der Waals surface area contributed by atoms with Gasteiger partial charge < -0.3 is 10.5 Å². The highest BCUT2D eigenvalue weighted by Gasteiger charge is 2.13. The third-order valence-corrected chi connectivity index (χ3v) is 4.56. The van der Waals surface area contributed by atoms with Crippen LogP contribution < -0.4 is 5.73 Å². The Morgan fingerprint density at radius 3 is 2.55 bits per heavy atom. The van der Waals surface area contributed by atoms with Crippen molar-refractivity contribution in [2.45, 2.75) is 12.5 Å². The first-order valence-electron chi connectivity index (χ1n) is 6.40. The lowest BCUT2D eigenvalue weighted by Gasteiger charge is -2.15. The van der Waals surface area contributed by atoms with Crippen molar-refractivity contribution in [2.75, 3.05) is 13.7 Å². The Balaban J connectivity index is 2.20. The van der Waals surface area contributed by atoms with E-state index in [1.165, 1.54) is 5.56 Å². The summed E-state index contributed by atoms with van der Waals surface area (Å²) in [7, 11) is 1.71. The topological polar surface area (TPSA) is 35.2 Å². The smallest absolute Gasteiger partial charge is 0.0599 e. The number of rotatable bonds is 5. The summed E-state index contributed by atoms with van der Waals surface area (Å²) in [5, 5.41) is 0.670. The average Bonchev–Trinajstić information content (AvgIpc) is 2.48. The summed E-state index contributed by atoms with van der Waals surface area (Å²) in [6.07, 6.45) is 0.906. The molecule has 1 unspecified atom stereocenters. The summed E-state index contributed by atoms with van der Waals surface area (Å²) >= 11 is 9.72. The molecule has 0 amide bonds. The van der Waals surface area contributed by atoms with Crippen molar-refractivity contribution in [3.8, 4) is 0 Å². The Hall–Kier alpha value is -0.870. The Morgan fingerprint density at radius 2 is 1.90 bits per heavy atom. The molecule has 106 valence electrons. The summed E-state index contributed by atoms with van der Waals surface area (Å²) in [5.74, 6) is 0. The van der Waals surface area contributed by atoms with Crippen molar-refractivity contribution >= 4 is 27.5 Å². The van der Waals surface area contributed by atoms with Gasteiger partial charge in [-0.05, 0) is 45.1 Å². The van der Waals surface area contributed by atoms with E-state index in [1.54, 1.807) is 7.11 Å². The predicted molar refractivity (Wildman–Crippen MR) is 87.2 cm³/mol. The van der Waals surface area contributed by atoms with Crippen LogP contribution in [-0.4, -0.2) is 13.7 Å². The maximum atomic E-state index is 6.31. The van der Waals surface area contributed by atoms with Crippen LogP contribution in [0.25, 0.3) is 0 Å². The Bertz CT molecular complexity index is 571. The highest BCUT2D eigenvalue weighted by atomic mass is 79.9. The third-order valence-electron chi connectivity index (χ3n) is 3.25. The quantitative estimate of drug-likeness (QED) is 0.867. The Kier molecular flexibility index (Phi) is 5.61. The third kappa shape index (κ3) is 3.61. The SMILES string of the molecule is COCCc1ccc(C(N)c2cccc(Br)c2Cl)cc1. The van der Waals surface area contributed by atoms with Gasteiger partial charge in [-0.2, -0.15) is 0 Å². The van der Waals surface area contributed by atoms with E-state index in [0.717, 1.165) is 28.6 Å². The maximum absolute atomic E-state index is 6.31. The lowest BCUT2D eigenvalue weighted by atomic mass is 9.98. The zero-order chi connectivity index (χ0) is 14.5. The van der Waals surface area contributed by atoms with E-state index in [1.807, 2.05) is 30.3 Å². The molecule has 0 aromatic heterocycles. The fourth-order valence-electron chi connectivity index (χ4n) is 2.05. The molecule has 0 spiro atoms. The largest absolute Gasteiger partial charge is 0.384 e. The van der Waals surface area contributed by atoms with Crippen LogP contribution in [0.2, 0.25) is 5.02 Å². The molecule has 0 heterocycles. The molecule has 0 saturated carbocycles. The Labute approximate surface area is 133 Å². The van der Waals surface area contributed by atoms with Crippen LogP contribution in [0.1, 0.15) is 22.7 Å². The molecule has 2 rings (SSSR count). The lowest BCUT2D eigenvalue weighted by molar-refractivity contribution is 0.202. The number of halogens is 2. The molecule has 0 fully saturated rings. The van der Waals surface area contributed by atoms with Crippen LogP contribution >= 0.6 is 27.5 Å². The molecule has 1 atom stereocenters. The molecule has 0 saturated heterocycles. The van der Waals surface area contributed by atoms with Crippen LogP contribution in [-0.2, 0) is 11.2 Å². The van der Waals surface area contributed by atoms with Gasteiger partial charge in [0, 0.05) is 11.6 Å². The van der Waals surface area contributed by atoms with Crippen molar-refractivity contribution in [3.05, 3.63) is 68.7 Å². The molecule has 0 aliphatic rings. The van der Waals surface area contributed by atoms with Crippen LogP contribution in [0.5, 0.6) is 0 Å². The molecular formula is C16H17BrClNO. The van der Waals surface area contributed by atoms with Gasteiger partial charge in [0.05, 0.1) is 17.7 Å². The van der Waals surface area contributed by atoms with Crippen molar-refractivity contribution in [2.24, 2.45) is 5.73 Å². The van der Waals surface area contributed by atoms with E-state index in [9.17, 15) is 0 Å². The zero-order valence-corrected chi connectivity index (χ0v) is 13.6. The minimum atomic E-state index is -0.225. The van der Waals surface area contributed by atoms with Gasteiger partial charge in [0.15, 0.2) is 0 Å². The predicted octanol–water partition coefficient (Wildman–Crippen LogP) is 4.34. The summed E-state index contributed by atoms with van der Waals surface area (Å²) in [5.41, 5.74) is 9.51. The molecule has 4 heteroatoms. The summed E-state index contributed by atoms with van der Waals surface area (Å²) in [6, 6.07) is 13.8. The molecule has 0 aliphatic heterocycles.